The Kier molecular flexibility index (Phi) is 9.40. The minimum atomic E-state index is -3.90. The van der Waals surface area contributed by atoms with Crippen molar-refractivity contribution in [1.82, 2.24) is 9.80 Å². The van der Waals surface area contributed by atoms with Gasteiger partial charge in [0.2, 0.25) is 0 Å². The fourth-order valence-corrected chi connectivity index (χ4v) is 5.35. The number of ether oxygens (including phenoxy) is 2. The second kappa shape index (κ2) is 12.3. The van der Waals surface area contributed by atoms with E-state index in [9.17, 15) is 13.2 Å². The van der Waals surface area contributed by atoms with Gasteiger partial charge in [0.15, 0.2) is 11.5 Å². The third kappa shape index (κ3) is 6.89. The Labute approximate surface area is 209 Å². The Morgan fingerprint density at radius 1 is 0.971 bits per heavy atom. The van der Waals surface area contributed by atoms with Crippen molar-refractivity contribution in [2.24, 2.45) is 0 Å². The first-order valence-corrected chi connectivity index (χ1v) is 13.6. The smallest absolute Gasteiger partial charge is 0.262 e. The summed E-state index contributed by atoms with van der Waals surface area (Å²) in [6.45, 7) is 8.31. The summed E-state index contributed by atoms with van der Waals surface area (Å²) in [5.74, 6) is 0.685. The quantitative estimate of drug-likeness (QED) is 0.490. The third-order valence-corrected chi connectivity index (χ3v) is 7.71. The van der Waals surface area contributed by atoms with Crippen LogP contribution in [-0.2, 0) is 10.0 Å². The fourth-order valence-electron chi connectivity index (χ4n) is 4.22. The maximum Gasteiger partial charge on any atom is 0.262 e. The number of unbranched alkanes of at least 4 members (excludes halogenated alkanes) is 2. The molecule has 1 aliphatic heterocycles. The van der Waals surface area contributed by atoms with E-state index in [1.54, 1.807) is 31.2 Å². The largest absolute Gasteiger partial charge is 0.493 e. The van der Waals surface area contributed by atoms with E-state index in [0.717, 1.165) is 31.6 Å². The van der Waals surface area contributed by atoms with Gasteiger partial charge in [-0.1, -0.05) is 25.8 Å². The van der Waals surface area contributed by atoms with Gasteiger partial charge in [-0.3, -0.25) is 9.52 Å². The average molecular weight is 504 g/mol. The van der Waals surface area contributed by atoms with Crippen molar-refractivity contribution in [2.75, 3.05) is 51.7 Å². The van der Waals surface area contributed by atoms with Crippen molar-refractivity contribution in [1.29, 1.82) is 0 Å². The molecule has 1 heterocycles. The number of aryl methyl sites for hydroxylation is 1. The number of carbonyl (C=O) groups is 1. The number of carbonyl (C=O) groups excluding carboxylic acids is 1. The summed E-state index contributed by atoms with van der Waals surface area (Å²) < 4.78 is 39.2. The summed E-state index contributed by atoms with van der Waals surface area (Å²) in [7, 11) is -0.959. The van der Waals surface area contributed by atoms with Gasteiger partial charge >= 0.3 is 0 Å². The molecule has 9 heteroatoms. The van der Waals surface area contributed by atoms with Crippen LogP contribution in [0, 0.1) is 6.92 Å². The summed E-state index contributed by atoms with van der Waals surface area (Å²) in [5, 5.41) is 0. The van der Waals surface area contributed by atoms with E-state index in [1.807, 2.05) is 4.90 Å². The molecule has 1 saturated heterocycles. The maximum atomic E-state index is 13.3. The summed E-state index contributed by atoms with van der Waals surface area (Å²) in [5.41, 5.74) is 1.57. The minimum Gasteiger partial charge on any atom is -0.493 e. The number of benzene rings is 2. The summed E-state index contributed by atoms with van der Waals surface area (Å²) >= 11 is 0. The molecule has 0 radical (unpaired) electrons. The first-order valence-electron chi connectivity index (χ1n) is 12.2. The molecule has 0 bridgehead atoms. The lowest BCUT2D eigenvalue weighted by Crippen LogP contribution is -2.35. The molecule has 0 aliphatic carbocycles. The highest BCUT2D eigenvalue weighted by molar-refractivity contribution is 7.92. The van der Waals surface area contributed by atoms with Gasteiger partial charge in [-0.25, -0.2) is 8.42 Å². The lowest BCUT2D eigenvalue weighted by atomic mass is 10.1. The lowest BCUT2D eigenvalue weighted by molar-refractivity contribution is 0.0761. The summed E-state index contributed by atoms with van der Waals surface area (Å²) in [6.07, 6.45) is 4.54. The zero-order chi connectivity index (χ0) is 25.4. The van der Waals surface area contributed by atoms with Crippen LogP contribution >= 0.6 is 0 Å². The molecule has 1 aliphatic rings. The minimum absolute atomic E-state index is 0.0435. The van der Waals surface area contributed by atoms with Gasteiger partial charge in [0.1, 0.15) is 0 Å². The lowest BCUT2D eigenvalue weighted by Gasteiger charge is -2.22. The third-order valence-electron chi connectivity index (χ3n) is 6.35. The van der Waals surface area contributed by atoms with Gasteiger partial charge in [0.25, 0.3) is 15.9 Å². The number of hydrogen-bond acceptors (Lipinski definition) is 6. The Bertz CT molecular complexity index is 1120. The molecule has 1 N–H and O–H groups in total. The molecule has 1 amide bonds. The number of nitrogens with one attached hydrogen (secondary N) is 1. The van der Waals surface area contributed by atoms with E-state index in [0.29, 0.717) is 35.8 Å². The number of methoxy groups -OCH3 is 2. The zero-order valence-electron chi connectivity index (χ0n) is 21.2. The number of sulfonamides is 1. The Morgan fingerprint density at radius 2 is 1.74 bits per heavy atom. The molecule has 2 aromatic carbocycles. The molecule has 0 spiro atoms. The SMILES string of the molecule is CCCCCN1CCCN(C(=O)c2ccc(C)c(NS(=O)(=O)c3ccc(OC)c(OC)c3)c2)CC1. The van der Waals surface area contributed by atoms with E-state index < -0.39 is 10.0 Å². The second-order valence-corrected chi connectivity index (χ2v) is 10.5. The number of anilines is 1. The van der Waals surface area contributed by atoms with Crippen LogP contribution in [0.2, 0.25) is 0 Å². The molecule has 0 unspecified atom stereocenters. The first kappa shape index (κ1) is 26.8. The van der Waals surface area contributed by atoms with Crippen LogP contribution < -0.4 is 14.2 Å². The van der Waals surface area contributed by atoms with Gasteiger partial charge in [-0.2, -0.15) is 0 Å². The molecular formula is C26H37N3O5S. The van der Waals surface area contributed by atoms with Crippen molar-refractivity contribution in [3.63, 3.8) is 0 Å². The predicted octanol–water partition coefficient (Wildman–Crippen LogP) is 4.15. The summed E-state index contributed by atoms with van der Waals surface area (Å²) in [6, 6.07) is 9.57. The van der Waals surface area contributed by atoms with Crippen molar-refractivity contribution in [3.05, 3.63) is 47.5 Å². The highest BCUT2D eigenvalue weighted by Gasteiger charge is 2.22. The Balaban J connectivity index is 1.74. The van der Waals surface area contributed by atoms with Crippen LogP contribution in [0.5, 0.6) is 11.5 Å². The first-order chi connectivity index (χ1) is 16.8. The molecular weight excluding hydrogens is 466 g/mol. The van der Waals surface area contributed by atoms with Gasteiger partial charge in [0, 0.05) is 31.3 Å². The number of hydrogen-bond donors (Lipinski definition) is 1. The number of rotatable bonds is 10. The van der Waals surface area contributed by atoms with Crippen molar-refractivity contribution >= 4 is 21.6 Å². The molecule has 0 aromatic heterocycles. The van der Waals surface area contributed by atoms with Gasteiger partial charge < -0.3 is 19.3 Å². The van der Waals surface area contributed by atoms with Crippen LogP contribution in [0.4, 0.5) is 5.69 Å². The topological polar surface area (TPSA) is 88.2 Å². The standard InChI is InChI=1S/C26H37N3O5S/c1-5-6-7-13-28-14-8-15-29(17-16-28)26(30)21-10-9-20(2)23(18-21)27-35(31,32)22-11-12-24(33-3)25(19-22)34-4/h9-12,18-19,27H,5-8,13-17H2,1-4H3. The molecule has 0 saturated carbocycles. The highest BCUT2D eigenvalue weighted by atomic mass is 32.2. The van der Waals surface area contributed by atoms with Crippen LogP contribution in [-0.4, -0.2) is 71.1 Å². The Morgan fingerprint density at radius 3 is 2.46 bits per heavy atom. The molecule has 8 nitrogen and oxygen atoms in total. The van der Waals surface area contributed by atoms with Crippen molar-refractivity contribution in [2.45, 2.75) is 44.4 Å². The summed E-state index contributed by atoms with van der Waals surface area (Å²) in [4.78, 5) is 17.6. The van der Waals surface area contributed by atoms with Crippen LogP contribution in [0.15, 0.2) is 41.3 Å². The molecule has 3 rings (SSSR count). The van der Waals surface area contributed by atoms with E-state index >= 15 is 0 Å². The van der Waals surface area contributed by atoms with Gasteiger partial charge in [0.05, 0.1) is 24.8 Å². The highest BCUT2D eigenvalue weighted by Crippen LogP contribution is 2.31. The predicted molar refractivity (Wildman–Crippen MR) is 138 cm³/mol. The fraction of sp³-hybridized carbons (Fsp3) is 0.500. The van der Waals surface area contributed by atoms with Crippen LogP contribution in [0.1, 0.15) is 48.5 Å². The van der Waals surface area contributed by atoms with Crippen LogP contribution in [0.3, 0.4) is 0 Å². The molecule has 192 valence electrons. The maximum absolute atomic E-state index is 13.3. The normalized spacial score (nSPS) is 14.9. The van der Waals surface area contributed by atoms with Crippen LogP contribution in [0.25, 0.3) is 0 Å². The number of nitrogens with zero attached hydrogens (tertiary/aromatic N) is 2. The van der Waals surface area contributed by atoms with Crippen molar-refractivity contribution in [3.8, 4) is 11.5 Å². The van der Waals surface area contributed by atoms with E-state index in [1.165, 1.54) is 45.6 Å². The zero-order valence-corrected chi connectivity index (χ0v) is 22.0. The van der Waals surface area contributed by atoms with Crippen molar-refractivity contribution < 1.29 is 22.7 Å². The molecule has 0 atom stereocenters. The van der Waals surface area contributed by atoms with E-state index in [-0.39, 0.29) is 10.8 Å². The molecule has 2 aromatic rings. The average Bonchev–Trinajstić information content (AvgIpc) is 3.10. The van der Waals surface area contributed by atoms with Gasteiger partial charge in [-0.05, 0) is 62.7 Å². The Hall–Kier alpha value is -2.78. The van der Waals surface area contributed by atoms with E-state index in [4.69, 9.17) is 9.47 Å². The number of amides is 1. The second-order valence-electron chi connectivity index (χ2n) is 8.85. The monoisotopic (exact) mass is 503 g/mol. The molecule has 1 fully saturated rings. The van der Waals surface area contributed by atoms with E-state index in [2.05, 4.69) is 16.5 Å². The van der Waals surface area contributed by atoms with Gasteiger partial charge in [-0.15, -0.1) is 0 Å². The molecule has 35 heavy (non-hydrogen) atoms.